The van der Waals surface area contributed by atoms with Gasteiger partial charge in [-0.2, -0.15) is 0 Å². The Labute approximate surface area is 201 Å². The van der Waals surface area contributed by atoms with E-state index in [1.165, 1.54) is 23.0 Å². The van der Waals surface area contributed by atoms with Crippen molar-refractivity contribution in [3.63, 3.8) is 0 Å². The second kappa shape index (κ2) is 10.2. The lowest BCUT2D eigenvalue weighted by atomic mass is 10.2. The average molecular weight is 498 g/mol. The molecule has 7 nitrogen and oxygen atoms in total. The number of thioether (sulfide) groups is 1. The molecule has 3 aromatic heterocycles. The zero-order chi connectivity index (χ0) is 23.4. The van der Waals surface area contributed by atoms with Gasteiger partial charge in [-0.05, 0) is 35.7 Å². The van der Waals surface area contributed by atoms with Crippen LogP contribution in [0.5, 0.6) is 5.75 Å². The molecule has 10 heteroatoms. The van der Waals surface area contributed by atoms with Gasteiger partial charge in [-0.3, -0.25) is 24.3 Å². The molecule has 0 saturated heterocycles. The molecule has 0 radical (unpaired) electrons. The molecular weight excluding hydrogens is 478 g/mol. The van der Waals surface area contributed by atoms with Crippen molar-refractivity contribution in [1.82, 2.24) is 14.9 Å². The predicted molar refractivity (Wildman–Crippen MR) is 134 cm³/mol. The number of imide groups is 1. The fourth-order valence-electron chi connectivity index (χ4n) is 3.13. The summed E-state index contributed by atoms with van der Waals surface area (Å²) in [6.45, 7) is 3.99. The van der Waals surface area contributed by atoms with Crippen molar-refractivity contribution >= 4 is 56.5 Å². The van der Waals surface area contributed by atoms with Crippen LogP contribution in [0.1, 0.15) is 10.4 Å². The Morgan fingerprint density at radius 2 is 2.03 bits per heavy atom. The van der Waals surface area contributed by atoms with Gasteiger partial charge in [0.25, 0.3) is 11.5 Å². The van der Waals surface area contributed by atoms with Gasteiger partial charge in [0.2, 0.25) is 5.91 Å². The lowest BCUT2D eigenvalue weighted by Gasteiger charge is -2.10. The number of nitrogens with one attached hydrogen (secondary N) is 1. The number of amides is 2. The number of fused-ring (bicyclic) bond motifs is 1. The van der Waals surface area contributed by atoms with Crippen molar-refractivity contribution in [2.75, 3.05) is 12.9 Å². The average Bonchev–Trinajstić information content (AvgIpc) is 3.50. The number of carbonyl (C=O) groups excluding carboxylic acids is 2. The third-order valence-corrected chi connectivity index (χ3v) is 7.45. The summed E-state index contributed by atoms with van der Waals surface area (Å²) in [7, 11) is 1.53. The van der Waals surface area contributed by atoms with E-state index in [-0.39, 0.29) is 17.9 Å². The van der Waals surface area contributed by atoms with Crippen LogP contribution in [0, 0.1) is 0 Å². The Hall–Kier alpha value is -3.21. The molecule has 33 heavy (non-hydrogen) atoms. The number of hydrogen-bond acceptors (Lipinski definition) is 8. The van der Waals surface area contributed by atoms with E-state index in [0.29, 0.717) is 26.7 Å². The van der Waals surface area contributed by atoms with E-state index in [4.69, 9.17) is 4.74 Å². The van der Waals surface area contributed by atoms with Crippen LogP contribution >= 0.6 is 34.4 Å². The van der Waals surface area contributed by atoms with Crippen molar-refractivity contribution in [1.29, 1.82) is 0 Å². The second-order valence-corrected chi connectivity index (χ2v) is 9.55. The van der Waals surface area contributed by atoms with Gasteiger partial charge in [0.15, 0.2) is 5.16 Å². The molecule has 0 aliphatic rings. The lowest BCUT2D eigenvalue weighted by Crippen LogP contribution is -2.32. The summed E-state index contributed by atoms with van der Waals surface area (Å²) in [5, 5.41) is 7.21. The van der Waals surface area contributed by atoms with Gasteiger partial charge in [-0.15, -0.1) is 29.3 Å². The number of nitrogens with zero attached hydrogens (tertiary/aromatic N) is 2. The highest BCUT2D eigenvalue weighted by Crippen LogP contribution is 2.34. The standard InChI is InChI=1S/C23H19N3O4S3/c1-3-10-26-22(29)19-16(17-5-4-11-31-17)12-32-21(19)25-23(26)33-13-18(27)24-20(28)14-6-8-15(30-2)9-7-14/h3-9,11-12H,1,10,13H2,2H3,(H,24,27,28). The summed E-state index contributed by atoms with van der Waals surface area (Å²) in [5.41, 5.74) is 1.03. The minimum absolute atomic E-state index is 0.0693. The molecule has 1 aromatic carbocycles. The summed E-state index contributed by atoms with van der Waals surface area (Å²) >= 11 is 4.05. The van der Waals surface area contributed by atoms with Crippen molar-refractivity contribution in [2.45, 2.75) is 11.7 Å². The number of carbonyl (C=O) groups is 2. The molecule has 3 heterocycles. The minimum atomic E-state index is -0.506. The fourth-order valence-corrected chi connectivity index (χ4v) is 5.74. The molecular formula is C23H19N3O4S3. The van der Waals surface area contributed by atoms with Crippen LogP contribution in [-0.2, 0) is 11.3 Å². The number of benzene rings is 1. The Balaban J connectivity index is 1.53. The van der Waals surface area contributed by atoms with Gasteiger partial charge in [-0.1, -0.05) is 23.9 Å². The van der Waals surface area contributed by atoms with Crippen molar-refractivity contribution in [2.24, 2.45) is 0 Å². The smallest absolute Gasteiger partial charge is 0.263 e. The maximum absolute atomic E-state index is 13.3. The highest BCUT2D eigenvalue weighted by molar-refractivity contribution is 7.99. The molecule has 4 aromatic rings. The van der Waals surface area contributed by atoms with Crippen molar-refractivity contribution in [3.05, 3.63) is 75.7 Å². The van der Waals surface area contributed by atoms with Gasteiger partial charge in [-0.25, -0.2) is 4.98 Å². The number of rotatable bonds is 8. The van der Waals surface area contributed by atoms with E-state index >= 15 is 0 Å². The van der Waals surface area contributed by atoms with E-state index in [0.717, 1.165) is 22.2 Å². The molecule has 0 spiro atoms. The van der Waals surface area contributed by atoms with Gasteiger partial charge in [0.1, 0.15) is 10.6 Å². The van der Waals surface area contributed by atoms with Gasteiger partial charge in [0.05, 0.1) is 18.2 Å². The molecule has 2 amide bonds. The third-order valence-electron chi connectivity index (χ3n) is 4.69. The Bertz CT molecular complexity index is 1370. The van der Waals surface area contributed by atoms with Gasteiger partial charge in [0, 0.05) is 27.9 Å². The van der Waals surface area contributed by atoms with Crippen LogP contribution < -0.4 is 15.6 Å². The first-order valence-electron chi connectivity index (χ1n) is 9.79. The monoisotopic (exact) mass is 497 g/mol. The number of allylic oxidation sites excluding steroid dienone is 1. The van der Waals surface area contributed by atoms with Crippen molar-refractivity contribution < 1.29 is 14.3 Å². The number of thiophene rings is 2. The van der Waals surface area contributed by atoms with E-state index in [2.05, 4.69) is 16.9 Å². The summed E-state index contributed by atoms with van der Waals surface area (Å²) in [6, 6.07) is 10.4. The van der Waals surface area contributed by atoms with E-state index in [9.17, 15) is 14.4 Å². The summed E-state index contributed by atoms with van der Waals surface area (Å²) in [4.78, 5) is 44.2. The lowest BCUT2D eigenvalue weighted by molar-refractivity contribution is -0.117. The number of aromatic nitrogens is 2. The Morgan fingerprint density at radius 3 is 2.70 bits per heavy atom. The first-order chi connectivity index (χ1) is 16.0. The number of hydrogen-bond donors (Lipinski definition) is 1. The third kappa shape index (κ3) is 4.92. The molecule has 4 rings (SSSR count). The van der Waals surface area contributed by atoms with Gasteiger partial charge >= 0.3 is 0 Å². The maximum Gasteiger partial charge on any atom is 0.263 e. The SMILES string of the molecule is C=CCn1c(SCC(=O)NC(=O)c2ccc(OC)cc2)nc2scc(-c3cccs3)c2c1=O. The molecule has 0 unspecified atom stereocenters. The minimum Gasteiger partial charge on any atom is -0.497 e. The zero-order valence-electron chi connectivity index (χ0n) is 17.6. The van der Waals surface area contributed by atoms with Crippen LogP contribution in [0.4, 0.5) is 0 Å². The quantitative estimate of drug-likeness (QED) is 0.220. The van der Waals surface area contributed by atoms with Crippen LogP contribution in [0.3, 0.4) is 0 Å². The highest BCUT2D eigenvalue weighted by atomic mass is 32.2. The first kappa shape index (κ1) is 23.0. The largest absolute Gasteiger partial charge is 0.497 e. The zero-order valence-corrected chi connectivity index (χ0v) is 20.0. The summed E-state index contributed by atoms with van der Waals surface area (Å²) in [6.07, 6.45) is 1.61. The molecule has 0 atom stereocenters. The molecule has 0 fully saturated rings. The van der Waals surface area contributed by atoms with Crippen LogP contribution in [0.2, 0.25) is 0 Å². The molecule has 0 aliphatic heterocycles. The van der Waals surface area contributed by atoms with E-state index in [1.807, 2.05) is 22.9 Å². The molecule has 1 N–H and O–H groups in total. The normalized spacial score (nSPS) is 10.8. The van der Waals surface area contributed by atoms with Gasteiger partial charge < -0.3 is 4.74 Å². The highest BCUT2D eigenvalue weighted by Gasteiger charge is 2.19. The molecule has 0 saturated carbocycles. The van der Waals surface area contributed by atoms with Crippen molar-refractivity contribution in [3.8, 4) is 16.2 Å². The van der Waals surface area contributed by atoms with E-state index < -0.39 is 11.8 Å². The Morgan fingerprint density at radius 1 is 1.24 bits per heavy atom. The van der Waals surface area contributed by atoms with E-state index in [1.54, 1.807) is 41.7 Å². The summed E-state index contributed by atoms with van der Waals surface area (Å²) < 4.78 is 6.57. The maximum atomic E-state index is 13.3. The van der Waals surface area contributed by atoms with Crippen LogP contribution in [-0.4, -0.2) is 34.2 Å². The predicted octanol–water partition coefficient (Wildman–Crippen LogP) is 4.43. The second-order valence-electron chi connectivity index (χ2n) is 6.80. The van der Waals surface area contributed by atoms with Crippen LogP contribution in [0.25, 0.3) is 20.7 Å². The topological polar surface area (TPSA) is 90.3 Å². The number of methoxy groups -OCH3 is 1. The van der Waals surface area contributed by atoms with Crippen LogP contribution in [0.15, 0.2) is 69.8 Å². The molecule has 0 bridgehead atoms. The molecule has 168 valence electrons. The first-order valence-corrected chi connectivity index (χ1v) is 12.5. The number of ether oxygens (including phenoxy) is 1. The summed E-state index contributed by atoms with van der Waals surface area (Å²) in [5.74, 6) is -0.439. The Kier molecular flexibility index (Phi) is 7.07. The fraction of sp³-hybridized carbons (Fsp3) is 0.130. The molecule has 0 aliphatic carbocycles.